The summed E-state index contributed by atoms with van der Waals surface area (Å²) in [5.41, 5.74) is 1.58. The highest BCUT2D eigenvalue weighted by molar-refractivity contribution is 5.90. The molecule has 0 N–H and O–H groups in total. The number of rotatable bonds is 4. The Morgan fingerprint density at radius 3 is 2.45 bits per heavy atom. The van der Waals surface area contributed by atoms with Gasteiger partial charge in [-0.15, -0.1) is 0 Å². The first-order valence-corrected chi connectivity index (χ1v) is 7.66. The van der Waals surface area contributed by atoms with E-state index in [1.165, 1.54) is 5.56 Å². The van der Waals surface area contributed by atoms with Crippen molar-refractivity contribution in [3.8, 4) is 0 Å². The highest BCUT2D eigenvalue weighted by atomic mass is 16.2. The van der Waals surface area contributed by atoms with Crippen LogP contribution in [0.5, 0.6) is 0 Å². The second-order valence-electron chi connectivity index (χ2n) is 7.03. The minimum atomic E-state index is -0.0227. The van der Waals surface area contributed by atoms with Gasteiger partial charge in [0.2, 0.25) is 0 Å². The summed E-state index contributed by atoms with van der Waals surface area (Å²) < 4.78 is 1.77. The predicted octanol–water partition coefficient (Wildman–Crippen LogP) is 2.86. The second-order valence-corrected chi connectivity index (χ2v) is 7.03. The standard InChI is InChI=1S/C18H23N3O/c1-17(2)12-18(17,14-8-6-5-7-9-14)13-21(4)16(22)15-19-10-11-20(15)3/h5-11H,12-13H2,1-4H3. The van der Waals surface area contributed by atoms with E-state index in [0.717, 1.165) is 13.0 Å². The van der Waals surface area contributed by atoms with Gasteiger partial charge in [-0.2, -0.15) is 0 Å². The topological polar surface area (TPSA) is 38.1 Å². The Balaban J connectivity index is 1.84. The maximum Gasteiger partial charge on any atom is 0.289 e. The van der Waals surface area contributed by atoms with Crippen LogP contribution >= 0.6 is 0 Å². The van der Waals surface area contributed by atoms with Gasteiger partial charge in [0, 0.05) is 38.4 Å². The average molecular weight is 297 g/mol. The van der Waals surface area contributed by atoms with E-state index in [1.807, 2.05) is 25.1 Å². The molecule has 3 rings (SSSR count). The van der Waals surface area contributed by atoms with Crippen LogP contribution in [0, 0.1) is 5.41 Å². The van der Waals surface area contributed by atoms with Crippen LogP contribution in [0.25, 0.3) is 0 Å². The summed E-state index contributed by atoms with van der Waals surface area (Å²) in [5, 5.41) is 0. The molecule has 4 nitrogen and oxygen atoms in total. The van der Waals surface area contributed by atoms with Crippen molar-refractivity contribution in [2.45, 2.75) is 25.7 Å². The third kappa shape index (κ3) is 2.23. The SMILES string of the molecule is CN(CC1(c2ccccc2)CC1(C)C)C(=O)c1nccn1C. The third-order valence-corrected chi connectivity index (χ3v) is 5.11. The fourth-order valence-corrected chi connectivity index (χ4v) is 3.54. The summed E-state index contributed by atoms with van der Waals surface area (Å²) >= 11 is 0. The number of hydrogen-bond donors (Lipinski definition) is 0. The van der Waals surface area contributed by atoms with Crippen LogP contribution in [-0.2, 0) is 12.5 Å². The maximum atomic E-state index is 12.6. The second kappa shape index (κ2) is 4.97. The van der Waals surface area contributed by atoms with Crippen molar-refractivity contribution in [3.05, 3.63) is 54.1 Å². The summed E-state index contributed by atoms with van der Waals surface area (Å²) in [6.07, 6.45) is 4.56. The molecule has 4 heteroatoms. The minimum absolute atomic E-state index is 0.0227. The van der Waals surface area contributed by atoms with Gasteiger partial charge in [0.05, 0.1) is 0 Å². The Morgan fingerprint density at radius 2 is 1.95 bits per heavy atom. The van der Waals surface area contributed by atoms with Gasteiger partial charge >= 0.3 is 0 Å². The Hall–Kier alpha value is -2.10. The number of aryl methyl sites for hydroxylation is 1. The van der Waals surface area contributed by atoms with Crippen molar-refractivity contribution in [1.29, 1.82) is 0 Å². The molecule has 0 spiro atoms. The molecule has 1 aliphatic rings. The number of aromatic nitrogens is 2. The van der Waals surface area contributed by atoms with E-state index in [-0.39, 0.29) is 16.7 Å². The fraction of sp³-hybridized carbons (Fsp3) is 0.444. The van der Waals surface area contributed by atoms with Gasteiger partial charge in [-0.25, -0.2) is 4.98 Å². The lowest BCUT2D eigenvalue weighted by molar-refractivity contribution is 0.0759. The smallest absolute Gasteiger partial charge is 0.289 e. The molecule has 0 radical (unpaired) electrons. The summed E-state index contributed by atoms with van der Waals surface area (Å²) in [5.74, 6) is 0.467. The highest BCUT2D eigenvalue weighted by Crippen LogP contribution is 2.64. The van der Waals surface area contributed by atoms with Crippen LogP contribution in [0.3, 0.4) is 0 Å². The molecule has 22 heavy (non-hydrogen) atoms. The third-order valence-electron chi connectivity index (χ3n) is 5.11. The monoisotopic (exact) mass is 297 g/mol. The largest absolute Gasteiger partial charge is 0.338 e. The Kier molecular flexibility index (Phi) is 3.35. The molecule has 0 aliphatic heterocycles. The molecule has 0 bridgehead atoms. The molecule has 1 heterocycles. The molecular formula is C18H23N3O. The number of amides is 1. The highest BCUT2D eigenvalue weighted by Gasteiger charge is 2.62. The van der Waals surface area contributed by atoms with E-state index < -0.39 is 0 Å². The first kappa shape index (κ1) is 14.8. The van der Waals surface area contributed by atoms with Crippen molar-refractivity contribution >= 4 is 5.91 Å². The lowest BCUT2D eigenvalue weighted by atomic mass is 9.87. The summed E-state index contributed by atoms with van der Waals surface area (Å²) in [6.45, 7) is 5.27. The lowest BCUT2D eigenvalue weighted by Crippen LogP contribution is -2.37. The molecular weight excluding hydrogens is 274 g/mol. The molecule has 1 amide bonds. The number of benzene rings is 1. The van der Waals surface area contributed by atoms with Crippen LogP contribution < -0.4 is 0 Å². The molecule has 0 saturated heterocycles. The number of imidazole rings is 1. The van der Waals surface area contributed by atoms with Gasteiger partial charge < -0.3 is 9.47 Å². The normalized spacial score (nSPS) is 22.4. The van der Waals surface area contributed by atoms with Gasteiger partial charge in [-0.3, -0.25) is 4.79 Å². The van der Waals surface area contributed by atoms with Gasteiger partial charge in [0.25, 0.3) is 5.91 Å². The molecule has 1 unspecified atom stereocenters. The molecule has 1 aliphatic carbocycles. The van der Waals surface area contributed by atoms with Crippen molar-refractivity contribution in [1.82, 2.24) is 14.5 Å². The van der Waals surface area contributed by atoms with Crippen LogP contribution in [0.15, 0.2) is 42.7 Å². The molecule has 1 aromatic carbocycles. The van der Waals surface area contributed by atoms with Crippen LogP contribution in [0.2, 0.25) is 0 Å². The van der Waals surface area contributed by atoms with E-state index >= 15 is 0 Å². The maximum absolute atomic E-state index is 12.6. The van der Waals surface area contributed by atoms with E-state index in [2.05, 4.69) is 43.1 Å². The van der Waals surface area contributed by atoms with Gasteiger partial charge in [-0.1, -0.05) is 44.2 Å². The van der Waals surface area contributed by atoms with Gasteiger partial charge in [0.1, 0.15) is 0 Å². The molecule has 116 valence electrons. The van der Waals surface area contributed by atoms with Gasteiger partial charge in [-0.05, 0) is 17.4 Å². The van der Waals surface area contributed by atoms with E-state index in [4.69, 9.17) is 0 Å². The van der Waals surface area contributed by atoms with Crippen molar-refractivity contribution in [2.24, 2.45) is 12.5 Å². The molecule has 1 saturated carbocycles. The van der Waals surface area contributed by atoms with Crippen LogP contribution in [0.4, 0.5) is 0 Å². The Morgan fingerprint density at radius 1 is 1.32 bits per heavy atom. The van der Waals surface area contributed by atoms with E-state index in [0.29, 0.717) is 5.82 Å². The first-order chi connectivity index (χ1) is 10.4. The summed E-state index contributed by atoms with van der Waals surface area (Å²) in [6, 6.07) is 10.5. The zero-order chi connectivity index (χ0) is 16.0. The van der Waals surface area contributed by atoms with Crippen molar-refractivity contribution in [3.63, 3.8) is 0 Å². The Bertz CT molecular complexity index is 689. The molecule has 1 atom stereocenters. The zero-order valence-electron chi connectivity index (χ0n) is 13.7. The first-order valence-electron chi connectivity index (χ1n) is 7.66. The quantitative estimate of drug-likeness (QED) is 0.870. The zero-order valence-corrected chi connectivity index (χ0v) is 13.7. The number of carbonyl (C=O) groups excluding carboxylic acids is 1. The fourth-order valence-electron chi connectivity index (χ4n) is 3.54. The summed E-state index contributed by atoms with van der Waals surface area (Å²) in [4.78, 5) is 18.6. The Labute approximate surface area is 131 Å². The van der Waals surface area contributed by atoms with Crippen LogP contribution in [0.1, 0.15) is 36.5 Å². The molecule has 1 aromatic heterocycles. The lowest BCUT2D eigenvalue weighted by Gasteiger charge is -2.27. The number of carbonyl (C=O) groups is 1. The minimum Gasteiger partial charge on any atom is -0.338 e. The van der Waals surface area contributed by atoms with E-state index in [1.54, 1.807) is 17.0 Å². The van der Waals surface area contributed by atoms with Crippen LogP contribution in [-0.4, -0.2) is 34.0 Å². The van der Waals surface area contributed by atoms with Gasteiger partial charge in [0.15, 0.2) is 5.82 Å². The average Bonchev–Trinajstić information content (AvgIpc) is 2.82. The number of nitrogens with zero attached hydrogens (tertiary/aromatic N) is 3. The molecule has 1 fully saturated rings. The molecule has 2 aromatic rings. The van der Waals surface area contributed by atoms with Crippen molar-refractivity contribution < 1.29 is 4.79 Å². The summed E-state index contributed by atoms with van der Waals surface area (Å²) in [7, 11) is 3.72. The number of likely N-dealkylation sites (N-methyl/N-ethyl adjacent to an activating group) is 1. The van der Waals surface area contributed by atoms with Crippen molar-refractivity contribution in [2.75, 3.05) is 13.6 Å². The van der Waals surface area contributed by atoms with E-state index in [9.17, 15) is 4.79 Å². The predicted molar refractivity (Wildman–Crippen MR) is 86.7 cm³/mol. The number of hydrogen-bond acceptors (Lipinski definition) is 2.